The molecule has 1 saturated carbocycles. The monoisotopic (exact) mass is 535 g/mol. The number of amides is 3. The molecule has 3 fully saturated rings. The van der Waals surface area contributed by atoms with Crippen LogP contribution in [0.25, 0.3) is 10.4 Å². The zero-order valence-electron chi connectivity index (χ0n) is 22.2. The molecule has 0 spiro atoms. The van der Waals surface area contributed by atoms with Crippen LogP contribution in [-0.2, 0) is 14.4 Å². The van der Waals surface area contributed by atoms with Crippen molar-refractivity contribution in [2.24, 2.45) is 11.8 Å². The standard InChI is InChI=1S/C30H37N3O4S/c1-19(2)17-23(31-28(35)21-12-10-20(11-13-21)26-9-6-16-38-26)30(37)32-15-14-24-27(32)25(34)18-33(24)29(36)22-7-4-3-5-8-22/h6,9-13,16,19,22-24,27H,3-5,7-8,14-15,17-18H2,1-2H3,(H,31,35). The fourth-order valence-corrected chi connectivity index (χ4v) is 7.04. The van der Waals surface area contributed by atoms with Gasteiger partial charge in [0.25, 0.3) is 5.91 Å². The van der Waals surface area contributed by atoms with Gasteiger partial charge < -0.3 is 15.1 Å². The molecule has 1 aliphatic carbocycles. The van der Waals surface area contributed by atoms with Gasteiger partial charge in [0, 0.05) is 22.9 Å². The van der Waals surface area contributed by atoms with Gasteiger partial charge in [0.1, 0.15) is 12.1 Å². The average Bonchev–Trinajstić information content (AvgIpc) is 3.67. The number of ketones is 1. The Bertz CT molecular complexity index is 1170. The maximum absolute atomic E-state index is 13.8. The molecule has 2 aliphatic heterocycles. The van der Waals surface area contributed by atoms with Crippen LogP contribution in [0.4, 0.5) is 0 Å². The van der Waals surface area contributed by atoms with Crippen LogP contribution < -0.4 is 5.32 Å². The summed E-state index contributed by atoms with van der Waals surface area (Å²) in [7, 11) is 0. The van der Waals surface area contributed by atoms with Crippen LogP contribution >= 0.6 is 11.3 Å². The largest absolute Gasteiger partial charge is 0.340 e. The highest BCUT2D eigenvalue weighted by molar-refractivity contribution is 7.13. The topological polar surface area (TPSA) is 86.8 Å². The molecule has 2 saturated heterocycles. The normalized spacial score (nSPS) is 22.6. The molecule has 2 aromatic rings. The second kappa shape index (κ2) is 11.4. The predicted octanol–water partition coefficient (Wildman–Crippen LogP) is 4.52. The maximum Gasteiger partial charge on any atom is 0.251 e. The third-order valence-corrected chi connectivity index (χ3v) is 9.13. The van der Waals surface area contributed by atoms with Crippen molar-refractivity contribution in [3.8, 4) is 10.4 Å². The molecule has 3 atom stereocenters. The molecule has 3 heterocycles. The molecule has 8 heteroatoms. The molecule has 3 unspecified atom stereocenters. The zero-order valence-corrected chi connectivity index (χ0v) is 23.0. The molecule has 0 radical (unpaired) electrons. The minimum atomic E-state index is -0.728. The van der Waals surface area contributed by atoms with Crippen LogP contribution in [0.1, 0.15) is 69.2 Å². The molecule has 1 aromatic carbocycles. The van der Waals surface area contributed by atoms with E-state index in [4.69, 9.17) is 0 Å². The molecule has 0 bridgehead atoms. The van der Waals surface area contributed by atoms with Gasteiger partial charge in [-0.1, -0.05) is 51.3 Å². The van der Waals surface area contributed by atoms with E-state index >= 15 is 0 Å². The SMILES string of the molecule is CC(C)CC(NC(=O)c1ccc(-c2cccs2)cc1)C(=O)N1CCC2C1C(=O)CN2C(=O)C1CCCCC1. The molecule has 3 amide bonds. The molecule has 7 nitrogen and oxygen atoms in total. The van der Waals surface area contributed by atoms with Crippen molar-refractivity contribution in [3.05, 3.63) is 47.3 Å². The number of rotatable bonds is 7. The highest BCUT2D eigenvalue weighted by atomic mass is 32.1. The van der Waals surface area contributed by atoms with Crippen molar-refractivity contribution in [3.63, 3.8) is 0 Å². The second-order valence-corrected chi connectivity index (χ2v) is 12.3. The summed E-state index contributed by atoms with van der Waals surface area (Å²) in [6.07, 6.45) is 6.14. The van der Waals surface area contributed by atoms with Crippen LogP contribution in [0.15, 0.2) is 41.8 Å². The van der Waals surface area contributed by atoms with E-state index in [1.165, 1.54) is 6.42 Å². The first kappa shape index (κ1) is 26.6. The minimum absolute atomic E-state index is 0.000710. The molecule has 1 N–H and O–H groups in total. The second-order valence-electron chi connectivity index (χ2n) is 11.3. The van der Waals surface area contributed by atoms with Crippen LogP contribution in [0.2, 0.25) is 0 Å². The number of hydrogen-bond acceptors (Lipinski definition) is 5. The smallest absolute Gasteiger partial charge is 0.251 e. The number of Topliss-reactive ketones (excluding diaryl/α,β-unsaturated/α-hetero) is 1. The number of carbonyl (C=O) groups excluding carboxylic acids is 4. The van der Waals surface area contributed by atoms with Gasteiger partial charge in [-0.25, -0.2) is 0 Å². The molecular weight excluding hydrogens is 498 g/mol. The number of fused-ring (bicyclic) bond motifs is 1. The van der Waals surface area contributed by atoms with Gasteiger partial charge in [0.2, 0.25) is 11.8 Å². The summed E-state index contributed by atoms with van der Waals surface area (Å²) in [4.78, 5) is 57.8. The Morgan fingerprint density at radius 2 is 1.74 bits per heavy atom. The first-order valence-electron chi connectivity index (χ1n) is 13.9. The van der Waals surface area contributed by atoms with E-state index in [0.717, 1.165) is 36.1 Å². The van der Waals surface area contributed by atoms with Crippen molar-refractivity contribution in [2.45, 2.75) is 76.9 Å². The Hall–Kier alpha value is -3.00. The fourth-order valence-electron chi connectivity index (χ4n) is 6.31. The molecule has 5 rings (SSSR count). The highest BCUT2D eigenvalue weighted by Crippen LogP contribution is 2.34. The number of thiophene rings is 1. The lowest BCUT2D eigenvalue weighted by Gasteiger charge is -2.30. The maximum atomic E-state index is 13.8. The number of hydrogen-bond donors (Lipinski definition) is 1. The summed E-state index contributed by atoms with van der Waals surface area (Å²) < 4.78 is 0. The summed E-state index contributed by atoms with van der Waals surface area (Å²) in [5.41, 5.74) is 1.54. The first-order chi connectivity index (χ1) is 18.3. The Balaban J connectivity index is 1.28. The quantitative estimate of drug-likeness (QED) is 0.565. The van der Waals surface area contributed by atoms with E-state index in [9.17, 15) is 19.2 Å². The van der Waals surface area contributed by atoms with E-state index in [1.54, 1.807) is 33.3 Å². The van der Waals surface area contributed by atoms with Gasteiger partial charge in [-0.2, -0.15) is 0 Å². The van der Waals surface area contributed by atoms with Crippen molar-refractivity contribution in [2.75, 3.05) is 13.1 Å². The van der Waals surface area contributed by atoms with Crippen molar-refractivity contribution in [1.29, 1.82) is 0 Å². The van der Waals surface area contributed by atoms with Crippen molar-refractivity contribution in [1.82, 2.24) is 15.1 Å². The molecule has 1 aromatic heterocycles. The van der Waals surface area contributed by atoms with Crippen molar-refractivity contribution >= 4 is 34.8 Å². The van der Waals surface area contributed by atoms with E-state index in [1.807, 2.05) is 43.5 Å². The summed E-state index contributed by atoms with van der Waals surface area (Å²) >= 11 is 1.64. The summed E-state index contributed by atoms with van der Waals surface area (Å²) in [5.74, 6) is -0.340. The fraction of sp³-hybridized carbons (Fsp3) is 0.533. The van der Waals surface area contributed by atoms with E-state index in [2.05, 4.69) is 5.32 Å². The number of benzene rings is 1. The summed E-state index contributed by atoms with van der Waals surface area (Å²) in [6.45, 7) is 4.54. The molecule has 3 aliphatic rings. The predicted molar refractivity (Wildman–Crippen MR) is 148 cm³/mol. The third-order valence-electron chi connectivity index (χ3n) is 8.21. The Labute approximate surface area is 228 Å². The van der Waals surface area contributed by atoms with Crippen molar-refractivity contribution < 1.29 is 19.2 Å². The molecule has 202 valence electrons. The lowest BCUT2D eigenvalue weighted by Crippen LogP contribution is -2.53. The Morgan fingerprint density at radius 3 is 2.39 bits per heavy atom. The Kier molecular flexibility index (Phi) is 7.98. The molecular formula is C30H37N3O4S. The zero-order chi connectivity index (χ0) is 26.8. The van der Waals surface area contributed by atoms with Gasteiger partial charge in [-0.3, -0.25) is 19.2 Å². The lowest BCUT2D eigenvalue weighted by molar-refractivity contribution is -0.138. The van der Waals surface area contributed by atoms with Crippen LogP contribution in [0.5, 0.6) is 0 Å². The Morgan fingerprint density at radius 1 is 1.00 bits per heavy atom. The van der Waals surface area contributed by atoms with Crippen LogP contribution in [-0.4, -0.2) is 64.5 Å². The van der Waals surface area contributed by atoms with Crippen LogP contribution in [0, 0.1) is 11.8 Å². The van der Waals surface area contributed by atoms with Crippen LogP contribution in [0.3, 0.4) is 0 Å². The summed E-state index contributed by atoms with van der Waals surface area (Å²) in [5, 5.41) is 4.97. The van der Waals surface area contributed by atoms with E-state index in [-0.39, 0.29) is 47.9 Å². The number of carbonyl (C=O) groups is 4. The van der Waals surface area contributed by atoms with Gasteiger partial charge in [-0.05, 0) is 60.7 Å². The number of nitrogens with one attached hydrogen (secondary N) is 1. The van der Waals surface area contributed by atoms with Gasteiger partial charge in [0.05, 0.1) is 12.6 Å². The molecule has 38 heavy (non-hydrogen) atoms. The number of nitrogens with zero attached hydrogens (tertiary/aromatic N) is 2. The van der Waals surface area contributed by atoms with E-state index < -0.39 is 12.1 Å². The number of likely N-dealkylation sites (tertiary alicyclic amines) is 2. The average molecular weight is 536 g/mol. The third kappa shape index (κ3) is 5.41. The van der Waals surface area contributed by atoms with Gasteiger partial charge in [-0.15, -0.1) is 11.3 Å². The highest BCUT2D eigenvalue weighted by Gasteiger charge is 2.52. The first-order valence-corrected chi connectivity index (χ1v) is 14.8. The summed E-state index contributed by atoms with van der Waals surface area (Å²) in [6, 6.07) is 9.84. The minimum Gasteiger partial charge on any atom is -0.340 e. The van der Waals surface area contributed by atoms with Gasteiger partial charge in [0.15, 0.2) is 5.78 Å². The lowest BCUT2D eigenvalue weighted by atomic mass is 9.88. The van der Waals surface area contributed by atoms with E-state index in [0.29, 0.717) is 24.9 Å². The van der Waals surface area contributed by atoms with Gasteiger partial charge >= 0.3 is 0 Å².